The first-order chi connectivity index (χ1) is 11.5. The number of carbonyl (C=O) groups is 1. The average molecular weight is 411 g/mol. The molecule has 5 nitrogen and oxygen atoms in total. The summed E-state index contributed by atoms with van der Waals surface area (Å²) >= 11 is 4.86. The van der Waals surface area contributed by atoms with Crippen molar-refractivity contribution < 1.29 is 14.3 Å². The van der Waals surface area contributed by atoms with Gasteiger partial charge in [0.15, 0.2) is 5.17 Å². The van der Waals surface area contributed by atoms with Gasteiger partial charge in [0.1, 0.15) is 5.75 Å². The van der Waals surface area contributed by atoms with Crippen molar-refractivity contribution >= 4 is 44.8 Å². The largest absolute Gasteiger partial charge is 0.496 e. The minimum absolute atomic E-state index is 0.130. The molecule has 0 N–H and O–H groups in total. The number of halogens is 1. The molecule has 1 aromatic carbocycles. The summed E-state index contributed by atoms with van der Waals surface area (Å²) in [6.45, 7) is 5.56. The predicted octanol–water partition coefficient (Wildman–Crippen LogP) is 3.54. The fourth-order valence-electron chi connectivity index (χ4n) is 2.83. The van der Waals surface area contributed by atoms with Crippen LogP contribution in [-0.4, -0.2) is 48.4 Å². The normalized spacial score (nSPS) is 26.0. The van der Waals surface area contributed by atoms with Gasteiger partial charge in [-0.15, -0.1) is 0 Å². The third-order valence-electron chi connectivity index (χ3n) is 3.78. The fraction of sp³-hybridized carbons (Fsp3) is 0.412. The highest BCUT2D eigenvalue weighted by Crippen LogP contribution is 2.34. The van der Waals surface area contributed by atoms with E-state index >= 15 is 0 Å². The molecule has 0 radical (unpaired) electrons. The van der Waals surface area contributed by atoms with E-state index < -0.39 is 0 Å². The molecular weight excluding hydrogens is 392 g/mol. The number of thioether (sulfide) groups is 1. The van der Waals surface area contributed by atoms with Crippen LogP contribution in [0.3, 0.4) is 0 Å². The van der Waals surface area contributed by atoms with Crippen molar-refractivity contribution in [2.24, 2.45) is 4.99 Å². The summed E-state index contributed by atoms with van der Waals surface area (Å²) in [5.41, 5.74) is 0.850. The Hall–Kier alpha value is -1.31. The van der Waals surface area contributed by atoms with Crippen LogP contribution in [0.4, 0.5) is 0 Å². The Morgan fingerprint density at radius 1 is 1.38 bits per heavy atom. The molecule has 0 unspecified atom stereocenters. The summed E-state index contributed by atoms with van der Waals surface area (Å²) in [4.78, 5) is 19.2. The number of amides is 1. The van der Waals surface area contributed by atoms with Gasteiger partial charge in [-0.3, -0.25) is 4.79 Å². The second-order valence-corrected chi connectivity index (χ2v) is 7.78. The smallest absolute Gasteiger partial charge is 0.286 e. The van der Waals surface area contributed by atoms with Crippen molar-refractivity contribution in [2.75, 3.05) is 20.2 Å². The topological polar surface area (TPSA) is 51.1 Å². The number of ether oxygens (including phenoxy) is 2. The van der Waals surface area contributed by atoms with Gasteiger partial charge in [0.2, 0.25) is 0 Å². The summed E-state index contributed by atoms with van der Waals surface area (Å²) in [5, 5.41) is 0.752. The summed E-state index contributed by atoms with van der Waals surface area (Å²) in [6, 6.07) is 5.70. The molecule has 0 bridgehead atoms. The molecule has 0 spiro atoms. The molecule has 1 fully saturated rings. The first kappa shape index (κ1) is 17.5. The lowest BCUT2D eigenvalue weighted by molar-refractivity contribution is -0.113. The zero-order chi connectivity index (χ0) is 17.3. The van der Waals surface area contributed by atoms with E-state index in [0.29, 0.717) is 4.91 Å². The number of morpholine rings is 1. The number of hydrogen-bond acceptors (Lipinski definition) is 5. The van der Waals surface area contributed by atoms with Gasteiger partial charge in [-0.05, 0) is 49.9 Å². The molecular formula is C17H19BrN2O3S. The van der Waals surface area contributed by atoms with Crippen LogP contribution >= 0.6 is 27.7 Å². The zero-order valence-electron chi connectivity index (χ0n) is 13.8. The number of rotatable bonds is 2. The van der Waals surface area contributed by atoms with Crippen molar-refractivity contribution in [1.82, 2.24) is 4.90 Å². The third-order valence-corrected chi connectivity index (χ3v) is 5.32. The molecule has 2 aliphatic rings. The van der Waals surface area contributed by atoms with Crippen molar-refractivity contribution in [3.8, 4) is 5.75 Å². The molecule has 1 amide bonds. The second-order valence-electron chi connectivity index (χ2n) is 5.86. The second kappa shape index (κ2) is 7.29. The van der Waals surface area contributed by atoms with Crippen LogP contribution in [0.15, 0.2) is 32.6 Å². The molecule has 1 aromatic rings. The Balaban J connectivity index is 1.81. The lowest BCUT2D eigenvalue weighted by Gasteiger charge is -2.35. The molecule has 2 atom stereocenters. The first-order valence-electron chi connectivity index (χ1n) is 7.72. The molecule has 2 heterocycles. The Kier molecular flexibility index (Phi) is 5.32. The van der Waals surface area contributed by atoms with E-state index in [1.165, 1.54) is 11.8 Å². The quantitative estimate of drug-likeness (QED) is 0.697. The zero-order valence-corrected chi connectivity index (χ0v) is 16.2. The molecule has 2 aliphatic heterocycles. The summed E-state index contributed by atoms with van der Waals surface area (Å²) in [7, 11) is 1.62. The van der Waals surface area contributed by atoms with E-state index in [0.717, 1.165) is 34.0 Å². The minimum Gasteiger partial charge on any atom is -0.496 e. The highest BCUT2D eigenvalue weighted by Gasteiger charge is 2.31. The van der Waals surface area contributed by atoms with Crippen LogP contribution in [0.25, 0.3) is 6.08 Å². The number of methoxy groups -OCH3 is 1. The number of aliphatic imine (C=N–C) groups is 1. The SMILES string of the molecule is COc1ccc(Br)cc1/C=C1\SC(N2C[C@@H](C)O[C@H](C)C2)=NC1=O. The van der Waals surface area contributed by atoms with E-state index in [2.05, 4.69) is 25.8 Å². The maximum absolute atomic E-state index is 12.3. The molecule has 1 saturated heterocycles. The van der Waals surface area contributed by atoms with Gasteiger partial charge in [0, 0.05) is 23.1 Å². The molecule has 0 saturated carbocycles. The first-order valence-corrected chi connectivity index (χ1v) is 9.33. The molecule has 0 aliphatic carbocycles. The molecule has 24 heavy (non-hydrogen) atoms. The van der Waals surface area contributed by atoms with E-state index in [9.17, 15) is 4.79 Å². The fourth-order valence-corrected chi connectivity index (χ4v) is 4.13. The highest BCUT2D eigenvalue weighted by molar-refractivity contribution is 9.10. The van der Waals surface area contributed by atoms with Crippen LogP contribution in [-0.2, 0) is 9.53 Å². The number of amidine groups is 1. The van der Waals surface area contributed by atoms with Gasteiger partial charge in [-0.25, -0.2) is 0 Å². The van der Waals surface area contributed by atoms with Gasteiger partial charge in [0.25, 0.3) is 5.91 Å². The maximum atomic E-state index is 12.3. The molecule has 0 aromatic heterocycles. The van der Waals surface area contributed by atoms with Crippen LogP contribution in [0.5, 0.6) is 5.75 Å². The van der Waals surface area contributed by atoms with Crippen LogP contribution < -0.4 is 4.74 Å². The average Bonchev–Trinajstić information content (AvgIpc) is 2.88. The number of benzene rings is 1. The third kappa shape index (κ3) is 3.84. The van der Waals surface area contributed by atoms with E-state index in [1.807, 2.05) is 38.1 Å². The summed E-state index contributed by atoms with van der Waals surface area (Å²) in [5.74, 6) is 0.519. The summed E-state index contributed by atoms with van der Waals surface area (Å²) < 4.78 is 12.0. The van der Waals surface area contributed by atoms with Crippen molar-refractivity contribution in [2.45, 2.75) is 26.1 Å². The molecule has 7 heteroatoms. The van der Waals surface area contributed by atoms with Crippen molar-refractivity contribution in [1.29, 1.82) is 0 Å². The Morgan fingerprint density at radius 2 is 2.08 bits per heavy atom. The minimum atomic E-state index is -0.205. The Labute approximate surface area is 154 Å². The Morgan fingerprint density at radius 3 is 2.75 bits per heavy atom. The Bertz CT molecular complexity index is 710. The number of carbonyl (C=O) groups excluding carboxylic acids is 1. The van der Waals surface area contributed by atoms with E-state index in [4.69, 9.17) is 9.47 Å². The van der Waals surface area contributed by atoms with E-state index in [1.54, 1.807) is 7.11 Å². The van der Waals surface area contributed by atoms with Crippen LogP contribution in [0.1, 0.15) is 19.4 Å². The van der Waals surface area contributed by atoms with Crippen molar-refractivity contribution in [3.05, 3.63) is 33.1 Å². The molecule has 128 valence electrons. The van der Waals surface area contributed by atoms with Gasteiger partial charge < -0.3 is 14.4 Å². The lowest BCUT2D eigenvalue weighted by atomic mass is 10.2. The standard InChI is InChI=1S/C17H19BrN2O3S/c1-10-8-20(9-11(2)23-10)17-19-16(21)15(24-17)7-12-6-13(18)4-5-14(12)22-3/h4-7,10-11H,8-9H2,1-3H3/b15-7-/t10-,11-/m1/s1. The van der Waals surface area contributed by atoms with Gasteiger partial charge >= 0.3 is 0 Å². The van der Waals surface area contributed by atoms with Crippen molar-refractivity contribution in [3.63, 3.8) is 0 Å². The monoisotopic (exact) mass is 410 g/mol. The predicted molar refractivity (Wildman–Crippen MR) is 100 cm³/mol. The van der Waals surface area contributed by atoms with Gasteiger partial charge in [-0.1, -0.05) is 15.9 Å². The number of hydrogen-bond donors (Lipinski definition) is 0. The van der Waals surface area contributed by atoms with E-state index in [-0.39, 0.29) is 18.1 Å². The van der Waals surface area contributed by atoms with Gasteiger partial charge in [-0.2, -0.15) is 4.99 Å². The van der Waals surface area contributed by atoms with Crippen LogP contribution in [0.2, 0.25) is 0 Å². The lowest BCUT2D eigenvalue weighted by Crippen LogP contribution is -2.47. The molecule has 3 rings (SSSR count). The highest BCUT2D eigenvalue weighted by atomic mass is 79.9. The summed E-state index contributed by atoms with van der Waals surface area (Å²) in [6.07, 6.45) is 2.09. The maximum Gasteiger partial charge on any atom is 0.286 e. The van der Waals surface area contributed by atoms with Gasteiger partial charge in [0.05, 0.1) is 24.2 Å². The van der Waals surface area contributed by atoms with Crippen LogP contribution in [0, 0.1) is 0 Å². The number of nitrogens with zero attached hydrogens (tertiary/aromatic N) is 2.